The van der Waals surface area contributed by atoms with E-state index >= 15 is 0 Å². The van der Waals surface area contributed by atoms with Crippen LogP contribution in [-0.2, 0) is 19.1 Å². The standard InChI is InChI=1S/C48H41NO9/c1-32(2)34-16-10-18-35(19-11-17-34)33(3)28-45(52)57-26-24-55-38-20-22-40(43(50)29-38)47(53)41-23-21-39(30-44(41)51)56-25-27-58-48(54)42(31-49)46(36-12-6-4-7-13-36)37-14-8-5-9-15-37/h4-18,20-23,25,27,29-30,50-51H,1,19,24,26,28H2,2-3H3/b17-11?,18-10?,27-25+,34-16?,35-33-. The van der Waals surface area contributed by atoms with Gasteiger partial charge in [0.05, 0.1) is 17.5 Å². The number of nitrogens with zero attached hydrogens (tertiary/aromatic N) is 1. The summed E-state index contributed by atoms with van der Waals surface area (Å²) in [6.45, 7) is 7.80. The van der Waals surface area contributed by atoms with Gasteiger partial charge in [-0.2, -0.15) is 5.26 Å². The molecule has 10 nitrogen and oxygen atoms in total. The minimum atomic E-state index is -0.903. The lowest BCUT2D eigenvalue weighted by atomic mass is 9.93. The summed E-state index contributed by atoms with van der Waals surface area (Å²) in [6, 6.07) is 27.9. The number of benzene rings is 4. The average molecular weight is 776 g/mol. The summed E-state index contributed by atoms with van der Waals surface area (Å²) in [5.74, 6) is -2.43. The summed E-state index contributed by atoms with van der Waals surface area (Å²) in [6.07, 6.45) is 12.8. The molecule has 0 aliphatic heterocycles. The first-order valence-corrected chi connectivity index (χ1v) is 18.2. The molecule has 1 aliphatic rings. The number of phenolic OH excluding ortho intramolecular Hbond substituents is 2. The van der Waals surface area contributed by atoms with Gasteiger partial charge in [-0.3, -0.25) is 9.59 Å². The second-order valence-electron chi connectivity index (χ2n) is 13.0. The second-order valence-corrected chi connectivity index (χ2v) is 13.0. The number of hydrogen-bond acceptors (Lipinski definition) is 10. The van der Waals surface area contributed by atoms with Crippen molar-refractivity contribution in [3.05, 3.63) is 197 Å². The summed E-state index contributed by atoms with van der Waals surface area (Å²) >= 11 is 0. The van der Waals surface area contributed by atoms with Crippen LogP contribution in [0.4, 0.5) is 0 Å². The molecule has 4 aromatic carbocycles. The molecule has 10 heteroatoms. The van der Waals surface area contributed by atoms with E-state index in [1.165, 1.54) is 36.4 Å². The lowest BCUT2D eigenvalue weighted by Crippen LogP contribution is -2.12. The molecular weight excluding hydrogens is 735 g/mol. The lowest BCUT2D eigenvalue weighted by Gasteiger charge is -2.11. The predicted molar refractivity (Wildman–Crippen MR) is 220 cm³/mol. The maximum absolute atomic E-state index is 13.2. The Kier molecular flexibility index (Phi) is 14.6. The molecular formula is C48H41NO9. The van der Waals surface area contributed by atoms with E-state index < -0.39 is 23.5 Å². The Balaban J connectivity index is 1.12. The summed E-state index contributed by atoms with van der Waals surface area (Å²) in [7, 11) is 0. The lowest BCUT2D eigenvalue weighted by molar-refractivity contribution is -0.143. The Morgan fingerprint density at radius 2 is 1.43 bits per heavy atom. The Hall–Kier alpha value is -7.64. The molecule has 0 amide bonds. The van der Waals surface area contributed by atoms with Crippen molar-refractivity contribution in [1.29, 1.82) is 5.26 Å². The Morgan fingerprint density at radius 1 is 0.810 bits per heavy atom. The molecule has 0 unspecified atom stereocenters. The van der Waals surface area contributed by atoms with Crippen LogP contribution in [0.15, 0.2) is 174 Å². The molecule has 0 atom stereocenters. The molecule has 5 rings (SSSR count). The number of rotatable bonds is 15. The van der Waals surface area contributed by atoms with Gasteiger partial charge < -0.3 is 29.2 Å². The van der Waals surface area contributed by atoms with Gasteiger partial charge in [0, 0.05) is 17.7 Å². The van der Waals surface area contributed by atoms with Gasteiger partial charge in [0.2, 0.25) is 0 Å². The number of aromatic hydroxyl groups is 2. The van der Waals surface area contributed by atoms with Gasteiger partial charge in [-0.1, -0.05) is 109 Å². The average Bonchev–Trinajstić information content (AvgIpc) is 3.20. The molecule has 0 fully saturated rings. The van der Waals surface area contributed by atoms with Crippen molar-refractivity contribution in [2.45, 2.75) is 26.7 Å². The fourth-order valence-electron chi connectivity index (χ4n) is 5.84. The van der Waals surface area contributed by atoms with Crippen molar-refractivity contribution in [2.24, 2.45) is 0 Å². The van der Waals surface area contributed by atoms with E-state index in [4.69, 9.17) is 18.9 Å². The monoisotopic (exact) mass is 775 g/mol. The van der Waals surface area contributed by atoms with Crippen LogP contribution < -0.4 is 9.47 Å². The van der Waals surface area contributed by atoms with Crippen LogP contribution in [0.3, 0.4) is 0 Å². The molecule has 1 aliphatic carbocycles. The van der Waals surface area contributed by atoms with E-state index in [-0.39, 0.29) is 53.6 Å². The van der Waals surface area contributed by atoms with Crippen LogP contribution in [0.5, 0.6) is 23.0 Å². The largest absolute Gasteiger partial charge is 0.507 e. The topological polar surface area (TPSA) is 152 Å². The molecule has 0 heterocycles. The van der Waals surface area contributed by atoms with Crippen LogP contribution in [0, 0.1) is 11.3 Å². The third-order valence-electron chi connectivity index (χ3n) is 8.83. The van der Waals surface area contributed by atoms with Gasteiger partial charge in [-0.05, 0) is 66.8 Å². The minimum Gasteiger partial charge on any atom is -0.507 e. The van der Waals surface area contributed by atoms with Gasteiger partial charge in [-0.15, -0.1) is 0 Å². The predicted octanol–water partition coefficient (Wildman–Crippen LogP) is 9.39. The first-order valence-electron chi connectivity index (χ1n) is 18.2. The zero-order chi connectivity index (χ0) is 41.4. The minimum absolute atomic E-state index is 0.0136. The Morgan fingerprint density at radius 3 is 2.03 bits per heavy atom. The number of ketones is 1. The summed E-state index contributed by atoms with van der Waals surface area (Å²) in [5, 5.41) is 31.2. The van der Waals surface area contributed by atoms with Gasteiger partial charge in [0.15, 0.2) is 5.78 Å². The number of hydrogen-bond donors (Lipinski definition) is 2. The number of carbonyl (C=O) groups is 3. The van der Waals surface area contributed by atoms with Crippen LogP contribution >= 0.6 is 0 Å². The van der Waals surface area contributed by atoms with Crippen LogP contribution in [-0.4, -0.2) is 41.1 Å². The van der Waals surface area contributed by atoms with Crippen LogP contribution in [0.2, 0.25) is 0 Å². The smallest absolute Gasteiger partial charge is 0.354 e. The maximum atomic E-state index is 13.2. The highest BCUT2D eigenvalue weighted by Gasteiger charge is 2.21. The number of ether oxygens (including phenoxy) is 4. The van der Waals surface area contributed by atoms with E-state index in [2.05, 4.69) is 6.58 Å². The quantitative estimate of drug-likeness (QED) is 0.0298. The van der Waals surface area contributed by atoms with Crippen LogP contribution in [0.1, 0.15) is 53.7 Å². The number of allylic oxidation sites excluding steroid dienone is 8. The van der Waals surface area contributed by atoms with Crippen molar-refractivity contribution in [3.63, 3.8) is 0 Å². The molecule has 58 heavy (non-hydrogen) atoms. The fraction of sp³-hybridized carbons (Fsp3) is 0.125. The van der Waals surface area contributed by atoms with E-state index in [9.17, 15) is 29.9 Å². The highest BCUT2D eigenvalue weighted by molar-refractivity contribution is 6.12. The van der Waals surface area contributed by atoms with Crippen molar-refractivity contribution in [3.8, 4) is 29.1 Å². The zero-order valence-corrected chi connectivity index (χ0v) is 32.0. The molecule has 2 N–H and O–H groups in total. The summed E-state index contributed by atoms with van der Waals surface area (Å²) < 4.78 is 21.6. The number of nitriles is 1. The molecule has 0 saturated heterocycles. The van der Waals surface area contributed by atoms with Crippen molar-refractivity contribution in [2.75, 3.05) is 13.2 Å². The Bertz CT molecular complexity index is 2370. The first kappa shape index (κ1) is 41.5. The number of esters is 2. The summed E-state index contributed by atoms with van der Waals surface area (Å²) in [4.78, 5) is 38.7. The normalized spacial score (nSPS) is 12.9. The third kappa shape index (κ3) is 11.2. The molecule has 0 bridgehead atoms. The Labute approximate surface area is 336 Å². The fourth-order valence-corrected chi connectivity index (χ4v) is 5.84. The zero-order valence-electron chi connectivity index (χ0n) is 32.0. The van der Waals surface area contributed by atoms with Crippen molar-refractivity contribution >= 4 is 23.3 Å². The first-order chi connectivity index (χ1) is 28.0. The van der Waals surface area contributed by atoms with Gasteiger partial charge in [-0.25, -0.2) is 4.79 Å². The second kappa shape index (κ2) is 20.3. The maximum Gasteiger partial charge on any atom is 0.354 e. The molecule has 0 radical (unpaired) electrons. The van der Waals surface area contributed by atoms with Crippen molar-refractivity contribution < 1.29 is 43.5 Å². The van der Waals surface area contributed by atoms with E-state index in [1.807, 2.05) is 62.4 Å². The summed E-state index contributed by atoms with van der Waals surface area (Å²) in [5.41, 5.74) is 5.27. The SMILES string of the molecule is C=C(C)C1=CC=C/C(=C(\C)CC(=O)OCCOc2ccc(C(=O)c3ccc(O/C=C/OC(=O)C(C#N)=C(c4ccccc4)c4ccccc4)cc3O)c(O)c2)CC=C1. The number of phenols is 2. The van der Waals surface area contributed by atoms with E-state index in [1.54, 1.807) is 48.5 Å². The highest BCUT2D eigenvalue weighted by Crippen LogP contribution is 2.31. The van der Waals surface area contributed by atoms with Gasteiger partial charge in [0.1, 0.15) is 60.4 Å². The number of carbonyl (C=O) groups excluding carboxylic acids is 3. The van der Waals surface area contributed by atoms with Gasteiger partial charge in [0.25, 0.3) is 0 Å². The van der Waals surface area contributed by atoms with E-state index in [0.717, 1.165) is 34.8 Å². The van der Waals surface area contributed by atoms with E-state index in [0.29, 0.717) is 23.1 Å². The highest BCUT2D eigenvalue weighted by atomic mass is 16.6. The molecule has 4 aromatic rings. The molecule has 0 saturated carbocycles. The molecule has 0 aromatic heterocycles. The van der Waals surface area contributed by atoms with Crippen molar-refractivity contribution in [1.82, 2.24) is 0 Å². The van der Waals surface area contributed by atoms with Crippen LogP contribution in [0.25, 0.3) is 5.57 Å². The third-order valence-corrected chi connectivity index (χ3v) is 8.83. The molecule has 0 spiro atoms. The molecule has 292 valence electrons. The van der Waals surface area contributed by atoms with Gasteiger partial charge >= 0.3 is 11.9 Å².